The molecular formula is C7H13ClN-. The van der Waals surface area contributed by atoms with Crippen LogP contribution in [0.5, 0.6) is 0 Å². The number of fused-ring (bicyclic) bond motifs is 3. The van der Waals surface area contributed by atoms with Crippen LogP contribution in [0.25, 0.3) is 0 Å². The summed E-state index contributed by atoms with van der Waals surface area (Å²) in [6.07, 6.45) is 4.46. The maximum Gasteiger partial charge on any atom is -0.00161 e. The zero-order valence-electron chi connectivity index (χ0n) is 5.65. The van der Waals surface area contributed by atoms with E-state index in [-0.39, 0.29) is 12.4 Å². The predicted molar refractivity (Wildman–Crippen MR) is 33.8 cm³/mol. The first-order valence-corrected chi connectivity index (χ1v) is 3.67. The van der Waals surface area contributed by atoms with E-state index in [0.717, 1.165) is 5.92 Å². The van der Waals surface area contributed by atoms with Crippen LogP contribution in [0.4, 0.5) is 0 Å². The van der Waals surface area contributed by atoms with E-state index in [1.807, 2.05) is 0 Å². The molecule has 0 atom stereocenters. The highest BCUT2D eigenvalue weighted by Crippen LogP contribution is 2.26. The van der Waals surface area contributed by atoms with E-state index >= 15 is 0 Å². The Labute approximate surface area is 62.8 Å². The number of hydrogen-bond acceptors (Lipinski definition) is 1. The maximum atomic E-state index is 2.58. The van der Waals surface area contributed by atoms with E-state index in [1.54, 1.807) is 0 Å². The van der Waals surface area contributed by atoms with Crippen LogP contribution in [0.2, 0.25) is 0 Å². The molecule has 2 bridgehead atoms. The molecule has 1 nitrogen and oxygen atoms in total. The van der Waals surface area contributed by atoms with Crippen molar-refractivity contribution < 1.29 is 12.4 Å². The highest BCUT2D eigenvalue weighted by atomic mass is 35.5. The first-order chi connectivity index (χ1) is 3.95. The number of rotatable bonds is 0. The summed E-state index contributed by atoms with van der Waals surface area (Å²) in [6, 6.07) is 0. The first kappa shape index (κ1) is 7.36. The van der Waals surface area contributed by atoms with Gasteiger partial charge in [-0.05, 0) is 44.8 Å². The van der Waals surface area contributed by atoms with Crippen molar-refractivity contribution in [3.8, 4) is 0 Å². The van der Waals surface area contributed by atoms with E-state index in [0.29, 0.717) is 0 Å². The Hall–Kier alpha value is 0.250. The van der Waals surface area contributed by atoms with E-state index in [2.05, 4.69) is 4.90 Å². The van der Waals surface area contributed by atoms with Crippen molar-refractivity contribution in [2.24, 2.45) is 5.92 Å². The summed E-state index contributed by atoms with van der Waals surface area (Å²) in [4.78, 5) is 2.58. The Morgan fingerprint density at radius 3 is 1.44 bits per heavy atom. The molecule has 3 aliphatic heterocycles. The van der Waals surface area contributed by atoms with Crippen molar-refractivity contribution in [1.82, 2.24) is 4.90 Å². The normalized spacial score (nSPS) is 40.0. The lowest BCUT2D eigenvalue weighted by Gasteiger charge is -2.38. The molecule has 0 unspecified atom stereocenters. The monoisotopic (exact) mass is 146 g/mol. The lowest BCUT2D eigenvalue weighted by Crippen LogP contribution is -3.00. The van der Waals surface area contributed by atoms with Crippen LogP contribution in [-0.4, -0.2) is 24.5 Å². The third-order valence-electron chi connectivity index (χ3n) is 2.56. The highest BCUT2D eigenvalue weighted by molar-refractivity contribution is 4.78. The molecule has 3 saturated heterocycles. The van der Waals surface area contributed by atoms with Crippen LogP contribution in [0, 0.1) is 5.92 Å². The minimum Gasteiger partial charge on any atom is -1.00 e. The maximum absolute atomic E-state index is 2.58. The van der Waals surface area contributed by atoms with Crippen LogP contribution in [-0.2, 0) is 0 Å². The lowest BCUT2D eigenvalue weighted by molar-refractivity contribution is -0.00000177. The van der Waals surface area contributed by atoms with Gasteiger partial charge in [-0.1, -0.05) is 0 Å². The molecule has 3 heterocycles. The van der Waals surface area contributed by atoms with Crippen molar-refractivity contribution in [3.05, 3.63) is 0 Å². The molecule has 0 N–H and O–H groups in total. The summed E-state index contributed by atoms with van der Waals surface area (Å²) in [5, 5.41) is 0. The molecule has 9 heavy (non-hydrogen) atoms. The van der Waals surface area contributed by atoms with E-state index in [1.165, 1.54) is 38.9 Å². The smallest absolute Gasteiger partial charge is 0.00161 e. The number of hydrogen-bond donors (Lipinski definition) is 0. The summed E-state index contributed by atoms with van der Waals surface area (Å²) < 4.78 is 0. The van der Waals surface area contributed by atoms with Crippen LogP contribution >= 0.6 is 0 Å². The molecule has 3 rings (SSSR count). The van der Waals surface area contributed by atoms with Gasteiger partial charge in [-0.15, -0.1) is 0 Å². The molecule has 0 radical (unpaired) electrons. The Kier molecular flexibility index (Phi) is 2.36. The average molecular weight is 147 g/mol. The molecule has 0 aromatic carbocycles. The summed E-state index contributed by atoms with van der Waals surface area (Å²) in [5.74, 6) is 1.11. The SMILES string of the molecule is C1CN2CCC1CC2.[Cl-]. The average Bonchev–Trinajstić information content (AvgIpc) is 1.92. The molecule has 0 aromatic heterocycles. The summed E-state index contributed by atoms with van der Waals surface area (Å²) >= 11 is 0. The van der Waals surface area contributed by atoms with Crippen molar-refractivity contribution >= 4 is 0 Å². The predicted octanol–water partition coefficient (Wildman–Crippen LogP) is -1.89. The molecule has 0 spiro atoms. The van der Waals surface area contributed by atoms with E-state index in [4.69, 9.17) is 0 Å². The Balaban J connectivity index is 0.000000405. The van der Waals surface area contributed by atoms with Crippen LogP contribution in [0.15, 0.2) is 0 Å². The van der Waals surface area contributed by atoms with Gasteiger partial charge in [0, 0.05) is 0 Å². The van der Waals surface area contributed by atoms with Gasteiger partial charge < -0.3 is 17.3 Å². The molecule has 0 aliphatic carbocycles. The first-order valence-electron chi connectivity index (χ1n) is 3.67. The molecular weight excluding hydrogens is 134 g/mol. The van der Waals surface area contributed by atoms with Gasteiger partial charge in [-0.3, -0.25) is 0 Å². The van der Waals surface area contributed by atoms with E-state index in [9.17, 15) is 0 Å². The van der Waals surface area contributed by atoms with Gasteiger partial charge in [0.15, 0.2) is 0 Å². The fraction of sp³-hybridized carbons (Fsp3) is 1.00. The second-order valence-corrected chi connectivity index (χ2v) is 3.07. The lowest BCUT2D eigenvalue weighted by atomic mass is 9.89. The van der Waals surface area contributed by atoms with Crippen molar-refractivity contribution in [2.75, 3.05) is 19.6 Å². The number of nitrogens with zero attached hydrogens (tertiary/aromatic N) is 1. The number of halogens is 1. The van der Waals surface area contributed by atoms with Gasteiger partial charge in [0.25, 0.3) is 0 Å². The molecule has 3 aliphatic rings. The summed E-state index contributed by atoms with van der Waals surface area (Å²) in [5.41, 5.74) is 0. The van der Waals surface area contributed by atoms with Gasteiger partial charge in [-0.2, -0.15) is 0 Å². The Morgan fingerprint density at radius 1 is 0.889 bits per heavy atom. The minimum atomic E-state index is 0. The largest absolute Gasteiger partial charge is 1.00 e. The molecule has 3 fully saturated rings. The van der Waals surface area contributed by atoms with Crippen molar-refractivity contribution in [3.63, 3.8) is 0 Å². The van der Waals surface area contributed by atoms with Crippen molar-refractivity contribution in [2.45, 2.75) is 19.3 Å². The third kappa shape index (κ3) is 1.39. The zero-order valence-corrected chi connectivity index (χ0v) is 6.40. The minimum absolute atomic E-state index is 0. The molecule has 0 saturated carbocycles. The molecule has 0 amide bonds. The fourth-order valence-electron chi connectivity index (χ4n) is 1.86. The van der Waals surface area contributed by atoms with Gasteiger partial charge in [-0.25, -0.2) is 0 Å². The van der Waals surface area contributed by atoms with Gasteiger partial charge in [0.2, 0.25) is 0 Å². The van der Waals surface area contributed by atoms with Crippen LogP contribution in [0.1, 0.15) is 19.3 Å². The van der Waals surface area contributed by atoms with Gasteiger partial charge in [0.05, 0.1) is 0 Å². The topological polar surface area (TPSA) is 3.24 Å². The standard InChI is InChI=1S/C7H13N.ClH/c1-4-8-5-2-7(1)3-6-8;/h7H,1-6H2;1H/p-1. The Bertz CT molecular complexity index is 63.9. The molecule has 54 valence electrons. The second kappa shape index (κ2) is 2.89. The van der Waals surface area contributed by atoms with Crippen LogP contribution in [0.3, 0.4) is 0 Å². The zero-order chi connectivity index (χ0) is 5.40. The fourth-order valence-corrected chi connectivity index (χ4v) is 1.86. The number of piperidine rings is 3. The summed E-state index contributed by atoms with van der Waals surface area (Å²) in [6.45, 7) is 4.18. The highest BCUT2D eigenvalue weighted by Gasteiger charge is 2.24. The van der Waals surface area contributed by atoms with Gasteiger partial charge >= 0.3 is 0 Å². The van der Waals surface area contributed by atoms with Gasteiger partial charge in [0.1, 0.15) is 0 Å². The quantitative estimate of drug-likeness (QED) is 0.386. The summed E-state index contributed by atoms with van der Waals surface area (Å²) in [7, 11) is 0. The molecule has 0 aromatic rings. The second-order valence-electron chi connectivity index (χ2n) is 3.07. The molecule has 2 heteroatoms. The van der Waals surface area contributed by atoms with Crippen LogP contribution < -0.4 is 12.4 Å². The van der Waals surface area contributed by atoms with E-state index < -0.39 is 0 Å². The third-order valence-corrected chi connectivity index (χ3v) is 2.56. The Morgan fingerprint density at radius 2 is 1.33 bits per heavy atom. The van der Waals surface area contributed by atoms with Crippen molar-refractivity contribution in [1.29, 1.82) is 0 Å².